The molecule has 1 rings (SSSR count). The summed E-state index contributed by atoms with van der Waals surface area (Å²) in [5, 5.41) is 8.76. The lowest BCUT2D eigenvalue weighted by atomic mass is 10.1. The fraction of sp³-hybridized carbons (Fsp3) is 0.417. The Bertz CT molecular complexity index is 391. The molecule has 0 heterocycles. The van der Waals surface area contributed by atoms with Gasteiger partial charge in [-0.2, -0.15) is 5.26 Å². The van der Waals surface area contributed by atoms with Crippen LogP contribution in [0.3, 0.4) is 0 Å². The fourth-order valence-electron chi connectivity index (χ4n) is 1.06. The van der Waals surface area contributed by atoms with Gasteiger partial charge in [-0.3, -0.25) is 0 Å². The minimum Gasteiger partial charge on any atom is -0.486 e. The highest BCUT2D eigenvalue weighted by Gasteiger charge is 2.18. The number of anilines is 1. The third-order valence-corrected chi connectivity index (χ3v) is 2.38. The van der Waals surface area contributed by atoms with E-state index in [2.05, 4.69) is 6.07 Å². The number of ether oxygens (including phenoxy) is 1. The van der Waals surface area contributed by atoms with Crippen molar-refractivity contribution in [3.63, 3.8) is 0 Å². The highest BCUT2D eigenvalue weighted by molar-refractivity contribution is 5.56. The molecule has 0 aliphatic carbocycles. The summed E-state index contributed by atoms with van der Waals surface area (Å²) in [6, 6.07) is 7.11. The first kappa shape index (κ1) is 11.4. The van der Waals surface area contributed by atoms with Crippen LogP contribution < -0.4 is 10.5 Å². The Morgan fingerprint density at radius 1 is 1.47 bits per heavy atom. The topological polar surface area (TPSA) is 59.0 Å². The van der Waals surface area contributed by atoms with Crippen LogP contribution >= 0.6 is 0 Å². The van der Waals surface area contributed by atoms with E-state index in [9.17, 15) is 0 Å². The molecule has 3 heteroatoms. The van der Waals surface area contributed by atoms with Gasteiger partial charge in [0.15, 0.2) is 0 Å². The number of hydrogen-bond acceptors (Lipinski definition) is 3. The first-order chi connectivity index (χ1) is 6.98. The van der Waals surface area contributed by atoms with Gasteiger partial charge < -0.3 is 10.5 Å². The molecule has 0 aliphatic heterocycles. The number of nitrogens with zero attached hydrogens (tertiary/aromatic N) is 1. The number of nitrogens with two attached hydrogens (primary N) is 1. The molecule has 0 radical (unpaired) electrons. The summed E-state index contributed by atoms with van der Waals surface area (Å²) in [6.45, 7) is 6.03. The average Bonchev–Trinajstić information content (AvgIpc) is 2.21. The monoisotopic (exact) mass is 204 g/mol. The highest BCUT2D eigenvalue weighted by atomic mass is 16.5. The van der Waals surface area contributed by atoms with Crippen LogP contribution in [0.1, 0.15) is 32.8 Å². The lowest BCUT2D eigenvalue weighted by molar-refractivity contribution is 0.106. The van der Waals surface area contributed by atoms with Crippen LogP contribution in [0.25, 0.3) is 0 Å². The van der Waals surface area contributed by atoms with Gasteiger partial charge in [-0.1, -0.05) is 6.92 Å². The van der Waals surface area contributed by atoms with Gasteiger partial charge in [-0.25, -0.2) is 0 Å². The fourth-order valence-corrected chi connectivity index (χ4v) is 1.06. The van der Waals surface area contributed by atoms with Crippen LogP contribution in [0.15, 0.2) is 18.2 Å². The molecule has 1 aromatic carbocycles. The van der Waals surface area contributed by atoms with Crippen LogP contribution in [0.2, 0.25) is 0 Å². The maximum atomic E-state index is 8.76. The molecule has 0 saturated heterocycles. The van der Waals surface area contributed by atoms with Crippen molar-refractivity contribution in [1.82, 2.24) is 0 Å². The number of hydrogen-bond donors (Lipinski definition) is 1. The molecule has 80 valence electrons. The van der Waals surface area contributed by atoms with Crippen molar-refractivity contribution in [3.8, 4) is 11.8 Å². The van der Waals surface area contributed by atoms with Gasteiger partial charge >= 0.3 is 0 Å². The van der Waals surface area contributed by atoms with Crippen molar-refractivity contribution < 1.29 is 4.74 Å². The van der Waals surface area contributed by atoms with E-state index in [1.807, 2.05) is 20.8 Å². The molecule has 15 heavy (non-hydrogen) atoms. The van der Waals surface area contributed by atoms with Gasteiger partial charge in [0.25, 0.3) is 0 Å². The van der Waals surface area contributed by atoms with Gasteiger partial charge in [0.2, 0.25) is 0 Å². The Labute approximate surface area is 90.5 Å². The zero-order chi connectivity index (χ0) is 11.5. The molecule has 0 aliphatic rings. The molecule has 0 bridgehead atoms. The van der Waals surface area contributed by atoms with E-state index >= 15 is 0 Å². The third kappa shape index (κ3) is 2.88. The number of rotatable bonds is 3. The van der Waals surface area contributed by atoms with Crippen molar-refractivity contribution in [2.24, 2.45) is 0 Å². The Morgan fingerprint density at radius 3 is 2.67 bits per heavy atom. The number of nitriles is 1. The van der Waals surface area contributed by atoms with E-state index < -0.39 is 0 Å². The largest absolute Gasteiger partial charge is 0.486 e. The normalized spacial score (nSPS) is 10.8. The first-order valence-corrected chi connectivity index (χ1v) is 4.97. The molecule has 2 N–H and O–H groups in total. The summed E-state index contributed by atoms with van der Waals surface area (Å²) < 4.78 is 5.75. The molecular weight excluding hydrogens is 188 g/mol. The SMILES string of the molecule is CCC(C)(C)Oc1cc(C#N)ccc1N. The summed E-state index contributed by atoms with van der Waals surface area (Å²) in [4.78, 5) is 0. The van der Waals surface area contributed by atoms with Gasteiger partial charge in [-0.15, -0.1) is 0 Å². The Morgan fingerprint density at radius 2 is 2.13 bits per heavy atom. The van der Waals surface area contributed by atoms with Crippen molar-refractivity contribution in [2.75, 3.05) is 5.73 Å². The van der Waals surface area contributed by atoms with E-state index in [4.69, 9.17) is 15.7 Å². The van der Waals surface area contributed by atoms with E-state index in [-0.39, 0.29) is 5.60 Å². The van der Waals surface area contributed by atoms with E-state index in [0.717, 1.165) is 6.42 Å². The third-order valence-electron chi connectivity index (χ3n) is 2.38. The van der Waals surface area contributed by atoms with Gasteiger partial charge in [0.1, 0.15) is 11.4 Å². The minimum absolute atomic E-state index is 0.262. The molecule has 0 unspecified atom stereocenters. The molecule has 3 nitrogen and oxygen atoms in total. The van der Waals surface area contributed by atoms with Crippen LogP contribution in [-0.2, 0) is 0 Å². The zero-order valence-electron chi connectivity index (χ0n) is 9.37. The first-order valence-electron chi connectivity index (χ1n) is 4.97. The number of benzene rings is 1. The Hall–Kier alpha value is -1.69. The van der Waals surface area contributed by atoms with Gasteiger partial charge in [0, 0.05) is 6.07 Å². The summed E-state index contributed by atoms with van der Waals surface area (Å²) in [5.74, 6) is 0.584. The number of nitrogen functional groups attached to an aromatic ring is 1. The quantitative estimate of drug-likeness (QED) is 0.770. The van der Waals surface area contributed by atoms with Crippen molar-refractivity contribution in [3.05, 3.63) is 23.8 Å². The second-order valence-electron chi connectivity index (χ2n) is 4.08. The molecule has 0 amide bonds. The second kappa shape index (κ2) is 4.22. The Kier molecular flexibility index (Phi) is 3.21. The standard InChI is InChI=1S/C12H16N2O/c1-4-12(2,3)15-11-7-9(8-13)5-6-10(11)14/h5-7H,4,14H2,1-3H3. The lowest BCUT2D eigenvalue weighted by Gasteiger charge is -2.25. The average molecular weight is 204 g/mol. The zero-order valence-corrected chi connectivity index (χ0v) is 9.37. The molecule has 1 aromatic rings. The maximum absolute atomic E-state index is 8.76. The summed E-state index contributed by atoms with van der Waals surface area (Å²) in [6.07, 6.45) is 0.878. The smallest absolute Gasteiger partial charge is 0.144 e. The summed E-state index contributed by atoms with van der Waals surface area (Å²) >= 11 is 0. The van der Waals surface area contributed by atoms with Crippen molar-refractivity contribution in [1.29, 1.82) is 5.26 Å². The van der Waals surface area contributed by atoms with Crippen LogP contribution in [-0.4, -0.2) is 5.60 Å². The van der Waals surface area contributed by atoms with E-state index in [1.54, 1.807) is 18.2 Å². The van der Waals surface area contributed by atoms with Crippen molar-refractivity contribution in [2.45, 2.75) is 32.8 Å². The van der Waals surface area contributed by atoms with Crippen LogP contribution in [0, 0.1) is 11.3 Å². The lowest BCUT2D eigenvalue weighted by Crippen LogP contribution is -2.27. The second-order valence-corrected chi connectivity index (χ2v) is 4.08. The van der Waals surface area contributed by atoms with E-state index in [1.165, 1.54) is 0 Å². The Balaban J connectivity index is 2.99. The van der Waals surface area contributed by atoms with Crippen molar-refractivity contribution >= 4 is 5.69 Å². The molecule has 0 aromatic heterocycles. The molecule has 0 saturated carbocycles. The predicted molar refractivity (Wildman–Crippen MR) is 60.6 cm³/mol. The van der Waals surface area contributed by atoms with Crippen LogP contribution in [0.5, 0.6) is 5.75 Å². The highest BCUT2D eigenvalue weighted by Crippen LogP contribution is 2.27. The van der Waals surface area contributed by atoms with Crippen LogP contribution in [0.4, 0.5) is 5.69 Å². The van der Waals surface area contributed by atoms with E-state index in [0.29, 0.717) is 17.0 Å². The summed E-state index contributed by atoms with van der Waals surface area (Å²) in [5.41, 5.74) is 6.64. The molecule has 0 spiro atoms. The molecular formula is C12H16N2O. The molecule has 0 fully saturated rings. The summed E-state index contributed by atoms with van der Waals surface area (Å²) in [7, 11) is 0. The van der Waals surface area contributed by atoms with Gasteiger partial charge in [-0.05, 0) is 32.4 Å². The minimum atomic E-state index is -0.262. The predicted octanol–water partition coefficient (Wildman–Crippen LogP) is 2.71. The van der Waals surface area contributed by atoms with Gasteiger partial charge in [0.05, 0.1) is 17.3 Å². The molecule has 0 atom stereocenters. The maximum Gasteiger partial charge on any atom is 0.144 e.